The van der Waals surface area contributed by atoms with Gasteiger partial charge in [0.05, 0.1) is 10.2 Å². The first kappa shape index (κ1) is 23.4. The van der Waals surface area contributed by atoms with Crippen molar-refractivity contribution in [3.63, 3.8) is 0 Å². The Hall–Kier alpha value is -2.80. The van der Waals surface area contributed by atoms with Crippen molar-refractivity contribution in [2.24, 2.45) is 4.99 Å². The molecule has 4 rings (SSSR count). The van der Waals surface area contributed by atoms with Gasteiger partial charge in [-0.3, -0.25) is 0 Å². The highest BCUT2D eigenvalue weighted by molar-refractivity contribution is 7.99. The van der Waals surface area contributed by atoms with E-state index >= 15 is 0 Å². The molecule has 0 saturated carbocycles. The van der Waals surface area contributed by atoms with Crippen LogP contribution < -0.4 is 10.1 Å². The number of fused-ring (bicyclic) bond motifs is 1. The Morgan fingerprint density at radius 3 is 2.85 bits per heavy atom. The zero-order valence-electron chi connectivity index (χ0n) is 18.4. The lowest BCUT2D eigenvalue weighted by atomic mass is 10.3. The monoisotopic (exact) mass is 493 g/mol. The van der Waals surface area contributed by atoms with Gasteiger partial charge in [0.2, 0.25) is 0 Å². The Kier molecular flexibility index (Phi) is 8.05. The number of rotatable bonds is 8. The number of pyridine rings is 1. The predicted molar refractivity (Wildman–Crippen MR) is 141 cm³/mol. The van der Waals surface area contributed by atoms with Gasteiger partial charge in [0.15, 0.2) is 11.6 Å². The van der Waals surface area contributed by atoms with Crippen LogP contribution in [0.2, 0.25) is 0 Å². The van der Waals surface area contributed by atoms with Gasteiger partial charge in [-0.1, -0.05) is 36.0 Å². The number of hydrogen-bond acceptors (Lipinski definition) is 7. The van der Waals surface area contributed by atoms with Gasteiger partial charge in [-0.05, 0) is 50.0 Å². The third-order valence-electron chi connectivity index (χ3n) is 4.58. The Bertz CT molecular complexity index is 1290. The van der Waals surface area contributed by atoms with Crippen LogP contribution in [0.3, 0.4) is 0 Å². The molecule has 9 heteroatoms. The summed E-state index contributed by atoms with van der Waals surface area (Å²) in [5, 5.41) is 6.28. The van der Waals surface area contributed by atoms with E-state index in [9.17, 15) is 0 Å². The predicted octanol–water partition coefficient (Wildman–Crippen LogP) is 6.84. The van der Waals surface area contributed by atoms with E-state index in [1.54, 1.807) is 23.9 Å². The van der Waals surface area contributed by atoms with E-state index in [2.05, 4.69) is 35.6 Å². The maximum atomic E-state index is 6.18. The number of hydrogen-bond donors (Lipinski definition) is 1. The zero-order chi connectivity index (χ0) is 23.0. The van der Waals surface area contributed by atoms with E-state index in [4.69, 9.17) is 9.73 Å². The molecule has 3 aromatic heterocycles. The molecule has 1 atom stereocenters. The number of aromatic nitrogens is 3. The fourth-order valence-corrected chi connectivity index (χ4v) is 5.15. The lowest BCUT2D eigenvalue weighted by Gasteiger charge is -2.12. The van der Waals surface area contributed by atoms with Crippen LogP contribution >= 0.6 is 32.3 Å². The normalized spacial score (nSPS) is 12.2. The summed E-state index contributed by atoms with van der Waals surface area (Å²) in [4.78, 5) is 19.0. The van der Waals surface area contributed by atoms with Crippen molar-refractivity contribution in [3.05, 3.63) is 72.1 Å². The molecule has 1 unspecified atom stereocenters. The summed E-state index contributed by atoms with van der Waals surface area (Å²) in [6, 6.07) is 13.6. The smallest absolute Gasteiger partial charge is 0.197 e. The van der Waals surface area contributed by atoms with E-state index in [1.807, 2.05) is 61.7 Å². The molecule has 0 radical (unpaired) electrons. The number of aliphatic imine (C=N–C) groups is 1. The van der Waals surface area contributed by atoms with Gasteiger partial charge in [-0.15, -0.1) is 20.6 Å². The van der Waals surface area contributed by atoms with E-state index in [0.717, 1.165) is 50.0 Å². The van der Waals surface area contributed by atoms with Crippen LogP contribution in [0.1, 0.15) is 20.3 Å². The fourth-order valence-electron chi connectivity index (χ4n) is 3.05. The molecule has 6 nitrogen and oxygen atoms in total. The first-order valence-corrected chi connectivity index (χ1v) is 12.9. The number of nitrogens with zero attached hydrogens (tertiary/aromatic N) is 4. The standard InChI is InChI=1S/C24H24N5OPS2/c1-3-17(9-11-31)28-16(2)29-23-21(30-18-7-5-4-6-8-18)13-19(14-25-23)33-24-22-20(10-12-32-22)26-15-27-24/h3-8,10,12-15H,9,11,31H2,1-2H3,(H,25,28,29)/b17-3-. The third kappa shape index (κ3) is 6.16. The minimum absolute atomic E-state index is 0.512. The summed E-state index contributed by atoms with van der Waals surface area (Å²) in [5.41, 5.74) is 2.06. The second kappa shape index (κ2) is 11.4. The number of para-hydroxylation sites is 1. The van der Waals surface area contributed by atoms with Crippen LogP contribution in [0.5, 0.6) is 11.5 Å². The van der Waals surface area contributed by atoms with Crippen molar-refractivity contribution in [1.29, 1.82) is 0 Å². The highest BCUT2D eigenvalue weighted by Gasteiger charge is 2.13. The molecule has 4 aromatic rings. The van der Waals surface area contributed by atoms with Crippen molar-refractivity contribution < 1.29 is 4.74 Å². The van der Waals surface area contributed by atoms with Crippen LogP contribution in [0.25, 0.3) is 10.2 Å². The van der Waals surface area contributed by atoms with Crippen molar-refractivity contribution in [2.45, 2.75) is 30.2 Å². The Balaban J connectivity index is 1.66. The average Bonchev–Trinajstić information content (AvgIpc) is 3.31. The number of thiophene rings is 1. The molecule has 3 heterocycles. The maximum absolute atomic E-state index is 6.18. The van der Waals surface area contributed by atoms with Crippen molar-refractivity contribution in [2.75, 3.05) is 6.16 Å². The molecule has 1 aromatic carbocycles. The zero-order valence-corrected chi connectivity index (χ0v) is 21.1. The first-order valence-electron chi connectivity index (χ1n) is 10.4. The molecule has 0 fully saturated rings. The van der Waals surface area contributed by atoms with E-state index in [-0.39, 0.29) is 0 Å². The van der Waals surface area contributed by atoms with Gasteiger partial charge in [0.1, 0.15) is 22.9 Å². The first-order chi connectivity index (χ1) is 16.2. The summed E-state index contributed by atoms with van der Waals surface area (Å²) < 4.78 is 7.24. The molecule has 0 aliphatic carbocycles. The molecule has 0 spiro atoms. The molecule has 0 amide bonds. The Morgan fingerprint density at radius 1 is 1.21 bits per heavy atom. The van der Waals surface area contributed by atoms with Crippen molar-refractivity contribution in [1.82, 2.24) is 20.3 Å². The molecule has 0 aliphatic heterocycles. The molecular weight excluding hydrogens is 469 g/mol. The summed E-state index contributed by atoms with van der Waals surface area (Å²) >= 11 is 3.17. The highest BCUT2D eigenvalue weighted by atomic mass is 32.2. The number of ether oxygens (including phenoxy) is 1. The second-order valence-corrected chi connectivity index (χ2v) is 9.55. The molecule has 168 valence electrons. The molecule has 0 saturated heterocycles. The molecular formula is C24H24N5OPS2. The van der Waals surface area contributed by atoms with Crippen LogP contribution in [0.4, 0.5) is 5.82 Å². The van der Waals surface area contributed by atoms with E-state index in [0.29, 0.717) is 11.6 Å². The topological polar surface area (TPSA) is 72.3 Å². The van der Waals surface area contributed by atoms with Crippen LogP contribution in [0, 0.1) is 0 Å². The van der Waals surface area contributed by atoms with Crippen LogP contribution in [0.15, 0.2) is 87.1 Å². The Morgan fingerprint density at radius 2 is 2.06 bits per heavy atom. The lowest BCUT2D eigenvalue weighted by Crippen LogP contribution is -2.19. The summed E-state index contributed by atoms with van der Waals surface area (Å²) in [6.45, 7) is 3.94. The number of nitrogens with one attached hydrogen (secondary N) is 1. The lowest BCUT2D eigenvalue weighted by molar-refractivity contribution is 0.480. The highest BCUT2D eigenvalue weighted by Crippen LogP contribution is 2.38. The van der Waals surface area contributed by atoms with Crippen molar-refractivity contribution >= 4 is 54.2 Å². The summed E-state index contributed by atoms with van der Waals surface area (Å²) in [6.07, 6.45) is 7.36. The minimum atomic E-state index is 0.512. The van der Waals surface area contributed by atoms with Gasteiger partial charge >= 0.3 is 0 Å². The number of benzene rings is 1. The number of amidine groups is 1. The molecule has 0 bridgehead atoms. The quantitative estimate of drug-likeness (QED) is 0.125. The molecule has 1 N–H and O–H groups in total. The van der Waals surface area contributed by atoms with Gasteiger partial charge in [0, 0.05) is 22.9 Å². The van der Waals surface area contributed by atoms with Gasteiger partial charge < -0.3 is 10.1 Å². The number of allylic oxidation sites excluding steroid dienone is 2. The average molecular weight is 494 g/mol. The Labute approximate surface area is 203 Å². The molecule has 33 heavy (non-hydrogen) atoms. The van der Waals surface area contributed by atoms with E-state index < -0.39 is 0 Å². The fraction of sp³-hybridized carbons (Fsp3) is 0.167. The second-order valence-electron chi connectivity index (χ2n) is 7.00. The van der Waals surface area contributed by atoms with Crippen LogP contribution in [-0.2, 0) is 0 Å². The van der Waals surface area contributed by atoms with Gasteiger partial charge in [-0.2, -0.15) is 0 Å². The third-order valence-corrected chi connectivity index (χ3v) is 6.87. The van der Waals surface area contributed by atoms with E-state index in [1.165, 1.54) is 11.8 Å². The van der Waals surface area contributed by atoms with Crippen molar-refractivity contribution in [3.8, 4) is 11.5 Å². The largest absolute Gasteiger partial charge is 0.453 e. The van der Waals surface area contributed by atoms with Gasteiger partial charge in [0.25, 0.3) is 0 Å². The minimum Gasteiger partial charge on any atom is -0.453 e. The molecule has 0 aliphatic rings. The summed E-state index contributed by atoms with van der Waals surface area (Å²) in [5.74, 6) is 2.57. The maximum Gasteiger partial charge on any atom is 0.197 e. The van der Waals surface area contributed by atoms with Gasteiger partial charge in [-0.25, -0.2) is 19.9 Å². The SMILES string of the molecule is C/C=C(/CCP)N/C(C)=N/c1ncc(Sc2ncnc3ccsc23)cc1Oc1ccccc1. The van der Waals surface area contributed by atoms with Crippen LogP contribution in [-0.4, -0.2) is 26.9 Å². The summed E-state index contributed by atoms with van der Waals surface area (Å²) in [7, 11) is 2.74.